The van der Waals surface area contributed by atoms with E-state index in [9.17, 15) is 0 Å². The van der Waals surface area contributed by atoms with Crippen molar-refractivity contribution in [2.45, 2.75) is 13.0 Å². The number of hydrazone groups is 1. The van der Waals surface area contributed by atoms with Crippen LogP contribution in [0.3, 0.4) is 0 Å². The van der Waals surface area contributed by atoms with Gasteiger partial charge in [0, 0.05) is 7.11 Å². The maximum absolute atomic E-state index is 8.69. The third-order valence-corrected chi connectivity index (χ3v) is 2.25. The van der Waals surface area contributed by atoms with Gasteiger partial charge in [-0.15, -0.1) is 0 Å². The van der Waals surface area contributed by atoms with E-state index in [1.54, 1.807) is 37.4 Å². The molecule has 0 saturated carbocycles. The lowest BCUT2D eigenvalue weighted by Crippen LogP contribution is -2.21. The van der Waals surface area contributed by atoms with Gasteiger partial charge in [-0.25, -0.2) is 0 Å². The second-order valence-corrected chi connectivity index (χ2v) is 4.01. The van der Waals surface area contributed by atoms with Crippen LogP contribution in [0.25, 0.3) is 0 Å². The smallest absolute Gasteiger partial charge is 0.201 e. The van der Waals surface area contributed by atoms with Crippen molar-refractivity contribution in [2.75, 3.05) is 19.1 Å². The van der Waals surface area contributed by atoms with Crippen molar-refractivity contribution in [1.29, 1.82) is 10.7 Å². The summed E-state index contributed by atoms with van der Waals surface area (Å²) in [5.41, 5.74) is 8.31. The highest BCUT2D eigenvalue weighted by molar-refractivity contribution is 6.45. The van der Waals surface area contributed by atoms with E-state index < -0.39 is 0 Å². The number of hydrogen-bond donors (Lipinski definition) is 3. The number of nitrogens with zero attached hydrogens (tertiary/aromatic N) is 2. The van der Waals surface area contributed by atoms with Gasteiger partial charge in [-0.2, -0.15) is 10.4 Å². The van der Waals surface area contributed by atoms with Crippen LogP contribution >= 0.6 is 0 Å². The summed E-state index contributed by atoms with van der Waals surface area (Å²) in [7, 11) is 1.62. The van der Waals surface area contributed by atoms with Gasteiger partial charge in [0.15, 0.2) is 5.84 Å². The van der Waals surface area contributed by atoms with Gasteiger partial charge in [-0.1, -0.05) is 0 Å². The summed E-state index contributed by atoms with van der Waals surface area (Å²) in [4.78, 5) is 0. The van der Waals surface area contributed by atoms with Crippen LogP contribution in [0, 0.1) is 16.7 Å². The number of methoxy groups -OCH3 is 1. The second-order valence-electron chi connectivity index (χ2n) is 4.01. The van der Waals surface area contributed by atoms with Crippen molar-refractivity contribution in [3.05, 3.63) is 24.3 Å². The molecule has 0 aromatic heterocycles. The highest BCUT2D eigenvalue weighted by atomic mass is 16.5. The number of ether oxygens (including phenoxy) is 2. The molecule has 1 aromatic rings. The summed E-state index contributed by atoms with van der Waals surface area (Å²) in [6, 6.07) is 8.75. The first-order valence-corrected chi connectivity index (χ1v) is 5.90. The Morgan fingerprint density at radius 1 is 1.50 bits per heavy atom. The van der Waals surface area contributed by atoms with Crippen LogP contribution in [0.15, 0.2) is 29.4 Å². The van der Waals surface area contributed by atoms with Crippen LogP contribution < -0.4 is 15.9 Å². The molecule has 1 aromatic carbocycles. The Balaban J connectivity index is 2.63. The molecule has 7 heteroatoms. The minimum Gasteiger partial charge on any atom is -0.488 e. The predicted molar refractivity (Wildman–Crippen MR) is 77.0 cm³/mol. The van der Waals surface area contributed by atoms with Gasteiger partial charge in [0.05, 0.1) is 12.3 Å². The van der Waals surface area contributed by atoms with Gasteiger partial charge >= 0.3 is 0 Å². The Labute approximate surface area is 117 Å². The second kappa shape index (κ2) is 7.76. The lowest BCUT2D eigenvalue weighted by molar-refractivity contribution is 0.0921. The summed E-state index contributed by atoms with van der Waals surface area (Å²) in [6.07, 6.45) is -0.0419. The molecule has 1 atom stereocenters. The summed E-state index contributed by atoms with van der Waals surface area (Å²) in [5.74, 6) is 0.324. The molecular weight excluding hydrogens is 258 g/mol. The minimum atomic E-state index is -0.381. The maximum atomic E-state index is 8.69. The van der Waals surface area contributed by atoms with Crippen LogP contribution in [0.5, 0.6) is 5.75 Å². The number of amidine groups is 1. The number of rotatable bonds is 7. The topological polar surface area (TPSA) is 117 Å². The van der Waals surface area contributed by atoms with Crippen molar-refractivity contribution in [3.63, 3.8) is 0 Å². The highest BCUT2D eigenvalue weighted by Crippen LogP contribution is 2.17. The van der Waals surface area contributed by atoms with Crippen molar-refractivity contribution in [3.8, 4) is 11.8 Å². The lowest BCUT2D eigenvalue weighted by atomic mass is 10.3. The zero-order chi connectivity index (χ0) is 15.0. The number of hydrogen-bond acceptors (Lipinski definition) is 6. The quantitative estimate of drug-likeness (QED) is 0.394. The monoisotopic (exact) mass is 275 g/mol. The summed E-state index contributed by atoms with van der Waals surface area (Å²) >= 11 is 0. The van der Waals surface area contributed by atoms with Gasteiger partial charge < -0.3 is 15.2 Å². The Bertz CT molecular complexity index is 519. The molecule has 0 fully saturated rings. The maximum Gasteiger partial charge on any atom is 0.201 e. The Morgan fingerprint density at radius 2 is 2.15 bits per heavy atom. The van der Waals surface area contributed by atoms with Crippen LogP contribution in [0.4, 0.5) is 5.69 Å². The number of nitrogens with two attached hydrogens (primary N) is 1. The van der Waals surface area contributed by atoms with E-state index in [0.717, 1.165) is 0 Å². The normalized spacial score (nSPS) is 12.3. The molecule has 20 heavy (non-hydrogen) atoms. The van der Waals surface area contributed by atoms with E-state index in [1.807, 2.05) is 6.92 Å². The van der Waals surface area contributed by atoms with E-state index in [2.05, 4.69) is 10.5 Å². The summed E-state index contributed by atoms with van der Waals surface area (Å²) < 4.78 is 10.6. The number of nitriles is 1. The van der Waals surface area contributed by atoms with Crippen molar-refractivity contribution < 1.29 is 9.47 Å². The summed E-state index contributed by atoms with van der Waals surface area (Å²) in [6.45, 7) is 2.42. The van der Waals surface area contributed by atoms with Crippen LogP contribution in [-0.4, -0.2) is 31.4 Å². The fourth-order valence-corrected chi connectivity index (χ4v) is 1.37. The van der Waals surface area contributed by atoms with Gasteiger partial charge in [-0.05, 0) is 31.2 Å². The van der Waals surface area contributed by atoms with E-state index in [0.29, 0.717) is 18.0 Å². The molecule has 0 bridgehead atoms. The first-order chi connectivity index (χ1) is 9.56. The van der Waals surface area contributed by atoms with Crippen molar-refractivity contribution >= 4 is 17.2 Å². The van der Waals surface area contributed by atoms with Gasteiger partial charge in [0.2, 0.25) is 5.71 Å². The largest absolute Gasteiger partial charge is 0.488 e. The molecule has 7 nitrogen and oxygen atoms in total. The van der Waals surface area contributed by atoms with Gasteiger partial charge in [0.25, 0.3) is 0 Å². The van der Waals surface area contributed by atoms with Crippen molar-refractivity contribution in [1.82, 2.24) is 0 Å². The highest BCUT2D eigenvalue weighted by Gasteiger charge is 2.04. The van der Waals surface area contributed by atoms with Gasteiger partial charge in [0.1, 0.15) is 17.9 Å². The predicted octanol–water partition coefficient (Wildman–Crippen LogP) is 1.33. The molecule has 0 radical (unpaired) electrons. The first kappa shape index (κ1) is 15.5. The molecule has 0 aliphatic rings. The third-order valence-electron chi connectivity index (χ3n) is 2.25. The van der Waals surface area contributed by atoms with E-state index in [-0.39, 0.29) is 17.7 Å². The fraction of sp³-hybridized carbons (Fsp3) is 0.308. The molecule has 0 aliphatic carbocycles. The molecular formula is C13H17N5O2. The van der Waals surface area contributed by atoms with Crippen LogP contribution in [-0.2, 0) is 4.74 Å². The molecule has 1 rings (SSSR count). The fourth-order valence-electron chi connectivity index (χ4n) is 1.37. The zero-order valence-corrected chi connectivity index (χ0v) is 11.4. The van der Waals surface area contributed by atoms with E-state index in [1.165, 1.54) is 0 Å². The standard InChI is InChI=1S/C13H17N5O2/c1-9(8-19-2)20-11-5-3-10(4-6-11)17-18-12(7-14)13(15)16/h3-6,9,17H,8H2,1-2H3,(H3,15,16)/b18-12+. The van der Waals surface area contributed by atoms with Crippen molar-refractivity contribution in [2.24, 2.45) is 10.8 Å². The summed E-state index contributed by atoms with van der Waals surface area (Å²) in [5, 5.41) is 19.5. The lowest BCUT2D eigenvalue weighted by Gasteiger charge is -2.13. The number of nitrogens with one attached hydrogen (secondary N) is 2. The SMILES string of the molecule is COCC(C)Oc1ccc(N/N=C(\C#N)C(=N)N)cc1. The molecule has 0 spiro atoms. The minimum absolute atomic E-state index is 0.0419. The van der Waals surface area contributed by atoms with E-state index >= 15 is 0 Å². The number of benzene rings is 1. The first-order valence-electron chi connectivity index (χ1n) is 5.90. The molecule has 0 saturated heterocycles. The Hall–Kier alpha value is -2.59. The molecule has 0 heterocycles. The molecule has 0 amide bonds. The van der Waals surface area contributed by atoms with E-state index in [4.69, 9.17) is 25.9 Å². The average Bonchev–Trinajstić information content (AvgIpc) is 2.41. The third kappa shape index (κ3) is 4.96. The Kier molecular flexibility index (Phi) is 6.00. The number of anilines is 1. The molecule has 1 unspecified atom stereocenters. The molecule has 0 aliphatic heterocycles. The van der Waals surface area contributed by atoms with Gasteiger partial charge in [-0.3, -0.25) is 10.8 Å². The van der Waals surface area contributed by atoms with Crippen LogP contribution in [0.2, 0.25) is 0 Å². The molecule has 106 valence electrons. The Morgan fingerprint density at radius 3 is 2.65 bits per heavy atom. The molecule has 4 N–H and O–H groups in total. The van der Waals surface area contributed by atoms with Crippen LogP contribution in [0.1, 0.15) is 6.92 Å². The average molecular weight is 275 g/mol. The zero-order valence-electron chi connectivity index (χ0n) is 11.4.